The average Bonchev–Trinajstić information content (AvgIpc) is 3.39. The largest absolute Gasteiger partial charge is 0.374 e. The summed E-state index contributed by atoms with van der Waals surface area (Å²) in [4.78, 5) is 65.4. The zero-order valence-corrected chi connectivity index (χ0v) is 27.7. The van der Waals surface area contributed by atoms with Gasteiger partial charge in [-0.25, -0.2) is 0 Å². The Balaban J connectivity index is 1.27. The van der Waals surface area contributed by atoms with Gasteiger partial charge in [0.05, 0.1) is 29.9 Å². The molecule has 0 aromatic heterocycles. The number of fused-ring (bicyclic) bond motifs is 2. The molecule has 2 aromatic rings. The lowest BCUT2D eigenvalue weighted by atomic mass is 9.86. The second kappa shape index (κ2) is 15.7. The minimum Gasteiger partial charge on any atom is -0.374 e. The molecular formula is C37H44N4O6. The van der Waals surface area contributed by atoms with Crippen molar-refractivity contribution in [3.05, 3.63) is 77.4 Å². The van der Waals surface area contributed by atoms with Crippen LogP contribution < -0.4 is 15.5 Å². The summed E-state index contributed by atoms with van der Waals surface area (Å²) in [7, 11) is 0. The van der Waals surface area contributed by atoms with E-state index in [0.717, 1.165) is 27.3 Å². The van der Waals surface area contributed by atoms with Crippen LogP contribution in [0, 0.1) is 17.3 Å². The summed E-state index contributed by atoms with van der Waals surface area (Å²) < 4.78 is 6.32. The van der Waals surface area contributed by atoms with Gasteiger partial charge in [0.15, 0.2) is 0 Å². The molecule has 0 spiro atoms. The fourth-order valence-corrected chi connectivity index (χ4v) is 5.27. The second-order valence-corrected chi connectivity index (χ2v) is 12.4. The first-order chi connectivity index (χ1) is 22.5. The van der Waals surface area contributed by atoms with E-state index in [1.54, 1.807) is 4.90 Å². The van der Waals surface area contributed by atoms with Crippen molar-refractivity contribution in [3.63, 3.8) is 0 Å². The third-order valence-electron chi connectivity index (χ3n) is 9.05. The van der Waals surface area contributed by atoms with Crippen LogP contribution in [0.3, 0.4) is 0 Å². The Morgan fingerprint density at radius 1 is 0.851 bits per heavy atom. The number of rotatable bonds is 15. The molecule has 0 saturated heterocycles. The van der Waals surface area contributed by atoms with Gasteiger partial charge in [0.2, 0.25) is 17.7 Å². The van der Waals surface area contributed by atoms with E-state index in [2.05, 4.69) is 22.5 Å². The van der Waals surface area contributed by atoms with Crippen molar-refractivity contribution in [3.8, 4) is 11.8 Å². The number of hydrogen-bond acceptors (Lipinski definition) is 6. The number of carbonyl (C=O) groups excluding carboxylic acids is 5. The SMILES string of the molecule is CCC(C)(CCNC(=O)CCN1C(=O)C=CC1=O)OCC(C)(CC)C(=O)NCCC(=O)N1Cc2ccccc2C#Cc2ccccc21. The van der Waals surface area contributed by atoms with Crippen LogP contribution in [0.2, 0.25) is 0 Å². The predicted molar refractivity (Wildman–Crippen MR) is 179 cm³/mol. The molecular weight excluding hydrogens is 596 g/mol. The summed E-state index contributed by atoms with van der Waals surface area (Å²) in [5.74, 6) is 5.03. The second-order valence-electron chi connectivity index (χ2n) is 12.4. The minimum absolute atomic E-state index is 0.0189. The quantitative estimate of drug-likeness (QED) is 0.225. The normalized spacial score (nSPS) is 16.1. The third-order valence-corrected chi connectivity index (χ3v) is 9.05. The maximum Gasteiger partial charge on any atom is 0.253 e. The maximum atomic E-state index is 13.6. The third kappa shape index (κ3) is 8.95. The lowest BCUT2D eigenvalue weighted by molar-refractivity contribution is -0.140. The van der Waals surface area contributed by atoms with Crippen LogP contribution in [-0.4, -0.2) is 66.3 Å². The summed E-state index contributed by atoms with van der Waals surface area (Å²) in [6.45, 7) is 8.83. The highest BCUT2D eigenvalue weighted by molar-refractivity contribution is 6.13. The highest BCUT2D eigenvalue weighted by Gasteiger charge is 2.35. The number of imide groups is 1. The van der Waals surface area contributed by atoms with Crippen molar-refractivity contribution >= 4 is 35.2 Å². The first-order valence-corrected chi connectivity index (χ1v) is 16.2. The molecule has 0 radical (unpaired) electrons. The van der Waals surface area contributed by atoms with Crippen molar-refractivity contribution in [2.45, 2.75) is 71.9 Å². The smallest absolute Gasteiger partial charge is 0.253 e. The number of carbonyl (C=O) groups is 5. The summed E-state index contributed by atoms with van der Waals surface area (Å²) in [5, 5.41) is 5.80. The van der Waals surface area contributed by atoms with E-state index in [9.17, 15) is 24.0 Å². The highest BCUT2D eigenvalue weighted by Crippen LogP contribution is 2.29. The average molecular weight is 641 g/mol. The molecule has 10 heteroatoms. The molecule has 4 rings (SSSR count). The fourth-order valence-electron chi connectivity index (χ4n) is 5.27. The number of benzene rings is 2. The zero-order chi connectivity index (χ0) is 34.0. The Labute approximate surface area is 276 Å². The monoisotopic (exact) mass is 640 g/mol. The number of anilines is 1. The van der Waals surface area contributed by atoms with E-state index in [0.29, 0.717) is 32.4 Å². The lowest BCUT2D eigenvalue weighted by Gasteiger charge is -2.35. The summed E-state index contributed by atoms with van der Waals surface area (Å²) in [6, 6.07) is 15.4. The minimum atomic E-state index is -0.826. The first-order valence-electron chi connectivity index (χ1n) is 16.2. The summed E-state index contributed by atoms with van der Waals surface area (Å²) >= 11 is 0. The molecule has 2 aromatic carbocycles. The van der Waals surface area contributed by atoms with Crippen molar-refractivity contribution in [2.75, 3.05) is 31.1 Å². The molecule has 0 bridgehead atoms. The number of nitrogens with one attached hydrogen (secondary N) is 2. The molecule has 10 nitrogen and oxygen atoms in total. The summed E-state index contributed by atoms with van der Waals surface area (Å²) in [5.41, 5.74) is 1.96. The number of ether oxygens (including phenoxy) is 1. The van der Waals surface area contributed by atoms with Gasteiger partial charge in [0, 0.05) is 55.8 Å². The molecule has 2 N–H and O–H groups in total. The number of nitrogens with zero attached hydrogens (tertiary/aromatic N) is 2. The van der Waals surface area contributed by atoms with E-state index >= 15 is 0 Å². The Morgan fingerprint density at radius 3 is 2.21 bits per heavy atom. The van der Waals surface area contributed by atoms with Crippen LogP contribution in [-0.2, 0) is 35.3 Å². The Kier molecular flexibility index (Phi) is 11.7. The molecule has 2 atom stereocenters. The van der Waals surface area contributed by atoms with Crippen LogP contribution in [0.5, 0.6) is 0 Å². The fraction of sp³-hybridized carbons (Fsp3) is 0.432. The molecule has 248 valence electrons. The van der Waals surface area contributed by atoms with Gasteiger partial charge in [-0.05, 0) is 56.9 Å². The van der Waals surface area contributed by atoms with Crippen molar-refractivity contribution in [1.82, 2.24) is 15.5 Å². The van der Waals surface area contributed by atoms with Gasteiger partial charge < -0.3 is 20.3 Å². The topological polar surface area (TPSA) is 125 Å². The van der Waals surface area contributed by atoms with Gasteiger partial charge in [0.1, 0.15) is 0 Å². The Hall–Kier alpha value is -4.75. The van der Waals surface area contributed by atoms with Gasteiger partial charge in [-0.15, -0.1) is 0 Å². The van der Waals surface area contributed by atoms with Crippen LogP contribution in [0.25, 0.3) is 0 Å². The lowest BCUT2D eigenvalue weighted by Crippen LogP contribution is -2.46. The van der Waals surface area contributed by atoms with E-state index in [4.69, 9.17) is 4.74 Å². The van der Waals surface area contributed by atoms with Crippen molar-refractivity contribution in [2.24, 2.45) is 5.41 Å². The van der Waals surface area contributed by atoms with Gasteiger partial charge in [-0.2, -0.15) is 0 Å². The molecule has 0 aliphatic carbocycles. The maximum absolute atomic E-state index is 13.6. The molecule has 47 heavy (non-hydrogen) atoms. The van der Waals surface area contributed by atoms with Crippen molar-refractivity contribution < 1.29 is 28.7 Å². The van der Waals surface area contributed by atoms with E-state index < -0.39 is 22.8 Å². The Bertz CT molecular complexity index is 1590. The molecule has 0 fully saturated rings. The highest BCUT2D eigenvalue weighted by atomic mass is 16.5. The number of para-hydroxylation sites is 1. The van der Waals surface area contributed by atoms with Crippen molar-refractivity contribution in [1.29, 1.82) is 0 Å². The van der Waals surface area contributed by atoms with Gasteiger partial charge in [0.25, 0.3) is 11.8 Å². The zero-order valence-electron chi connectivity index (χ0n) is 27.7. The molecule has 2 aliphatic rings. The van der Waals surface area contributed by atoms with Crippen LogP contribution >= 0.6 is 0 Å². The van der Waals surface area contributed by atoms with Gasteiger partial charge >= 0.3 is 0 Å². The van der Waals surface area contributed by atoms with E-state index in [1.165, 1.54) is 12.2 Å². The molecule has 2 unspecified atom stereocenters. The molecule has 5 amide bonds. The van der Waals surface area contributed by atoms with E-state index in [-0.39, 0.29) is 50.3 Å². The standard InChI is InChI=1S/C37H44N4O6/c1-5-36(3,26-47-37(4,6-2)21-23-38-31(42)20-24-40-32(43)17-18-33(40)44)35(46)39-22-19-34(45)41-25-29-13-8-7-11-27(29)15-16-28-12-9-10-14-30(28)41/h7-14,17-18H,5-6,19-26H2,1-4H3,(H,38,42)(H,39,46). The molecule has 0 saturated carbocycles. The van der Waals surface area contributed by atoms with Crippen LogP contribution in [0.4, 0.5) is 5.69 Å². The predicted octanol–water partition coefficient (Wildman–Crippen LogP) is 3.86. The number of amides is 5. The Morgan fingerprint density at radius 2 is 1.51 bits per heavy atom. The molecule has 2 aliphatic heterocycles. The summed E-state index contributed by atoms with van der Waals surface area (Å²) in [6.07, 6.45) is 4.23. The number of hydrogen-bond donors (Lipinski definition) is 2. The van der Waals surface area contributed by atoms with Gasteiger partial charge in [-0.1, -0.05) is 56.0 Å². The van der Waals surface area contributed by atoms with Crippen LogP contribution in [0.1, 0.15) is 76.5 Å². The van der Waals surface area contributed by atoms with Crippen LogP contribution in [0.15, 0.2) is 60.7 Å². The molecule has 2 heterocycles. The van der Waals surface area contributed by atoms with Gasteiger partial charge in [-0.3, -0.25) is 28.9 Å². The van der Waals surface area contributed by atoms with E-state index in [1.807, 2.05) is 76.2 Å². The first kappa shape index (κ1) is 35.1.